The van der Waals surface area contributed by atoms with Gasteiger partial charge in [-0.15, -0.1) is 0 Å². The number of nitrogens with zero attached hydrogens (tertiary/aromatic N) is 2. The van der Waals surface area contributed by atoms with Crippen molar-refractivity contribution >= 4 is 5.96 Å². The predicted octanol–water partition coefficient (Wildman–Crippen LogP) is 1.25. The lowest BCUT2D eigenvalue weighted by Gasteiger charge is -2.24. The van der Waals surface area contributed by atoms with E-state index in [1.807, 2.05) is 0 Å². The molecule has 2 rings (SSSR count). The van der Waals surface area contributed by atoms with Crippen molar-refractivity contribution in [1.29, 1.82) is 0 Å². The smallest absolute Gasteiger partial charge is 0.381 e. The molecule has 0 aromatic heterocycles. The SMILES string of the molecule is CN=C(NCCOCC(F)(F)F)N1CCC2(CCOC2)C1. The van der Waals surface area contributed by atoms with Crippen molar-refractivity contribution in [3.05, 3.63) is 0 Å². The van der Waals surface area contributed by atoms with Crippen LogP contribution in [0.4, 0.5) is 13.2 Å². The zero-order valence-corrected chi connectivity index (χ0v) is 12.2. The van der Waals surface area contributed by atoms with Gasteiger partial charge in [0.2, 0.25) is 0 Å². The fourth-order valence-electron chi connectivity index (χ4n) is 2.84. The standard InChI is InChI=1S/C13H22F3N3O2/c1-17-11(18-4-7-21-10-13(14,15)16)19-5-2-12(8-19)3-6-20-9-12/h2-10H2,1H3,(H,17,18). The number of hydrogen-bond acceptors (Lipinski definition) is 3. The Morgan fingerprint density at radius 2 is 2.24 bits per heavy atom. The quantitative estimate of drug-likeness (QED) is 0.482. The van der Waals surface area contributed by atoms with Gasteiger partial charge in [0, 0.05) is 38.7 Å². The molecule has 2 aliphatic rings. The number of nitrogens with one attached hydrogen (secondary N) is 1. The van der Waals surface area contributed by atoms with Gasteiger partial charge in [-0.05, 0) is 12.8 Å². The molecule has 8 heteroatoms. The average Bonchev–Trinajstić information content (AvgIpc) is 3.04. The summed E-state index contributed by atoms with van der Waals surface area (Å²) in [5.41, 5.74) is 0.227. The van der Waals surface area contributed by atoms with Gasteiger partial charge in [-0.2, -0.15) is 13.2 Å². The van der Waals surface area contributed by atoms with E-state index in [-0.39, 0.29) is 12.0 Å². The molecule has 21 heavy (non-hydrogen) atoms. The molecule has 0 bridgehead atoms. The van der Waals surface area contributed by atoms with Gasteiger partial charge in [0.05, 0.1) is 13.2 Å². The molecule has 2 aliphatic heterocycles. The molecule has 0 aliphatic carbocycles. The van der Waals surface area contributed by atoms with Crippen LogP contribution in [0, 0.1) is 5.41 Å². The summed E-state index contributed by atoms with van der Waals surface area (Å²) >= 11 is 0. The first kappa shape index (κ1) is 16.4. The molecule has 1 atom stereocenters. The molecule has 2 heterocycles. The first-order valence-corrected chi connectivity index (χ1v) is 7.12. The van der Waals surface area contributed by atoms with Crippen LogP contribution >= 0.6 is 0 Å². The second-order valence-electron chi connectivity index (χ2n) is 5.62. The summed E-state index contributed by atoms with van der Waals surface area (Å²) in [4.78, 5) is 6.32. The van der Waals surface area contributed by atoms with E-state index in [0.717, 1.165) is 45.1 Å². The van der Waals surface area contributed by atoms with E-state index in [9.17, 15) is 13.2 Å². The van der Waals surface area contributed by atoms with Gasteiger partial charge >= 0.3 is 6.18 Å². The summed E-state index contributed by atoms with van der Waals surface area (Å²) in [6.07, 6.45) is -2.14. The molecular formula is C13H22F3N3O2. The highest BCUT2D eigenvalue weighted by Crippen LogP contribution is 2.38. The van der Waals surface area contributed by atoms with Gasteiger partial charge in [0.15, 0.2) is 5.96 Å². The van der Waals surface area contributed by atoms with Gasteiger partial charge in [0.1, 0.15) is 6.61 Å². The fraction of sp³-hybridized carbons (Fsp3) is 0.923. The molecule has 1 spiro atoms. The number of hydrogen-bond donors (Lipinski definition) is 1. The van der Waals surface area contributed by atoms with Crippen LogP contribution in [0.15, 0.2) is 4.99 Å². The van der Waals surface area contributed by atoms with Gasteiger partial charge in [0.25, 0.3) is 0 Å². The lowest BCUT2D eigenvalue weighted by atomic mass is 9.87. The van der Waals surface area contributed by atoms with Crippen molar-refractivity contribution < 1.29 is 22.6 Å². The Kier molecular flexibility index (Phi) is 5.32. The zero-order chi connectivity index (χ0) is 15.3. The molecule has 1 unspecified atom stereocenters. The predicted molar refractivity (Wildman–Crippen MR) is 72.3 cm³/mol. The third-order valence-electron chi connectivity index (χ3n) is 3.93. The molecular weight excluding hydrogens is 287 g/mol. The Labute approximate surface area is 122 Å². The Bertz CT molecular complexity index is 368. The van der Waals surface area contributed by atoms with Crippen LogP contribution in [0.3, 0.4) is 0 Å². The van der Waals surface area contributed by atoms with Gasteiger partial charge in [-0.1, -0.05) is 0 Å². The minimum atomic E-state index is -4.27. The monoisotopic (exact) mass is 309 g/mol. The van der Waals surface area contributed by atoms with E-state index in [1.165, 1.54) is 0 Å². The van der Waals surface area contributed by atoms with Crippen molar-refractivity contribution in [1.82, 2.24) is 10.2 Å². The molecule has 5 nitrogen and oxygen atoms in total. The molecule has 1 N–H and O–H groups in total. The van der Waals surface area contributed by atoms with Gasteiger partial charge in [-0.25, -0.2) is 0 Å². The van der Waals surface area contributed by atoms with E-state index < -0.39 is 12.8 Å². The van der Waals surface area contributed by atoms with Gasteiger partial charge in [-0.3, -0.25) is 4.99 Å². The summed E-state index contributed by atoms with van der Waals surface area (Å²) in [6.45, 7) is 2.48. The van der Waals surface area contributed by atoms with Crippen molar-refractivity contribution in [2.75, 3.05) is 53.1 Å². The summed E-state index contributed by atoms with van der Waals surface area (Å²) in [6, 6.07) is 0. The topological polar surface area (TPSA) is 46.1 Å². The second kappa shape index (κ2) is 6.83. The normalized spacial score (nSPS) is 26.9. The minimum Gasteiger partial charge on any atom is -0.381 e. The highest BCUT2D eigenvalue weighted by atomic mass is 19.4. The van der Waals surface area contributed by atoms with E-state index in [1.54, 1.807) is 7.05 Å². The highest BCUT2D eigenvalue weighted by Gasteiger charge is 2.42. The zero-order valence-electron chi connectivity index (χ0n) is 12.2. The third kappa shape index (κ3) is 4.74. The fourth-order valence-corrected chi connectivity index (χ4v) is 2.84. The summed E-state index contributed by atoms with van der Waals surface area (Å²) in [7, 11) is 1.68. The summed E-state index contributed by atoms with van der Waals surface area (Å²) in [5.74, 6) is 0.717. The first-order chi connectivity index (χ1) is 9.94. The van der Waals surface area contributed by atoms with Crippen LogP contribution in [0.1, 0.15) is 12.8 Å². The Balaban J connectivity index is 1.69. The molecule has 2 saturated heterocycles. The van der Waals surface area contributed by atoms with Crippen molar-refractivity contribution in [3.63, 3.8) is 0 Å². The summed E-state index contributed by atoms with van der Waals surface area (Å²) in [5, 5.41) is 3.05. The molecule has 122 valence electrons. The average molecular weight is 309 g/mol. The largest absolute Gasteiger partial charge is 0.411 e. The number of halogens is 3. The van der Waals surface area contributed by atoms with Crippen LogP contribution in [0.2, 0.25) is 0 Å². The minimum absolute atomic E-state index is 0.000619. The van der Waals surface area contributed by atoms with E-state index in [2.05, 4.69) is 19.9 Å². The molecule has 0 amide bonds. The van der Waals surface area contributed by atoms with Gasteiger partial charge < -0.3 is 19.7 Å². The van der Waals surface area contributed by atoms with E-state index in [4.69, 9.17) is 4.74 Å². The molecule has 2 fully saturated rings. The maximum absolute atomic E-state index is 11.9. The highest BCUT2D eigenvalue weighted by molar-refractivity contribution is 5.80. The lowest BCUT2D eigenvalue weighted by Crippen LogP contribution is -2.42. The molecule has 0 saturated carbocycles. The Morgan fingerprint density at radius 1 is 1.43 bits per heavy atom. The van der Waals surface area contributed by atoms with Crippen LogP contribution in [0.25, 0.3) is 0 Å². The van der Waals surface area contributed by atoms with Crippen LogP contribution in [-0.2, 0) is 9.47 Å². The van der Waals surface area contributed by atoms with Crippen molar-refractivity contribution in [2.45, 2.75) is 19.0 Å². The molecule has 0 aromatic rings. The Hall–Kier alpha value is -1.02. The lowest BCUT2D eigenvalue weighted by molar-refractivity contribution is -0.173. The maximum Gasteiger partial charge on any atom is 0.411 e. The Morgan fingerprint density at radius 3 is 2.86 bits per heavy atom. The number of guanidine groups is 1. The maximum atomic E-state index is 11.9. The van der Waals surface area contributed by atoms with E-state index in [0.29, 0.717) is 6.54 Å². The number of rotatable bonds is 4. The molecule has 0 aromatic carbocycles. The number of likely N-dealkylation sites (tertiary alicyclic amines) is 1. The van der Waals surface area contributed by atoms with E-state index >= 15 is 0 Å². The van der Waals surface area contributed by atoms with Crippen molar-refractivity contribution in [2.24, 2.45) is 10.4 Å². The van der Waals surface area contributed by atoms with Crippen LogP contribution < -0.4 is 5.32 Å². The summed E-state index contributed by atoms with van der Waals surface area (Å²) < 4.78 is 45.8. The first-order valence-electron chi connectivity index (χ1n) is 7.12. The third-order valence-corrected chi connectivity index (χ3v) is 3.93. The number of ether oxygens (including phenoxy) is 2. The second-order valence-corrected chi connectivity index (χ2v) is 5.62. The van der Waals surface area contributed by atoms with Crippen molar-refractivity contribution in [3.8, 4) is 0 Å². The van der Waals surface area contributed by atoms with Crippen LogP contribution in [0.5, 0.6) is 0 Å². The number of aliphatic imine (C=N–C) groups is 1. The van der Waals surface area contributed by atoms with Crippen LogP contribution in [-0.4, -0.2) is 70.1 Å². The molecule has 0 radical (unpaired) electrons. The number of alkyl halides is 3.